The lowest BCUT2D eigenvalue weighted by Crippen LogP contribution is -2.28. The molecule has 1 atom stereocenters. The third-order valence-electron chi connectivity index (χ3n) is 1.59. The fourth-order valence-electron chi connectivity index (χ4n) is 0.824. The van der Waals surface area contributed by atoms with Crippen LogP contribution < -0.4 is 0 Å². The van der Waals surface area contributed by atoms with Gasteiger partial charge in [-0.25, -0.2) is 0 Å². The standard InChI is InChI=1S/C8H10O2/c1-7-2-4-8(10,6-9)5-3-7/h2-4,6,10H,5H2,1H3. The maximum absolute atomic E-state index is 10.3. The molecular formula is C8H10O2. The van der Waals surface area contributed by atoms with E-state index in [-0.39, 0.29) is 0 Å². The fourth-order valence-corrected chi connectivity index (χ4v) is 0.824. The number of hydrogen-bond donors (Lipinski definition) is 1. The van der Waals surface area contributed by atoms with Crippen molar-refractivity contribution in [1.29, 1.82) is 0 Å². The predicted molar refractivity (Wildman–Crippen MR) is 38.5 cm³/mol. The first-order valence-electron chi connectivity index (χ1n) is 3.21. The second-order valence-corrected chi connectivity index (χ2v) is 2.59. The highest BCUT2D eigenvalue weighted by atomic mass is 16.3. The van der Waals surface area contributed by atoms with Crippen molar-refractivity contribution < 1.29 is 9.90 Å². The molecule has 0 aromatic heterocycles. The first-order valence-corrected chi connectivity index (χ1v) is 3.21. The van der Waals surface area contributed by atoms with Gasteiger partial charge in [-0.2, -0.15) is 0 Å². The number of carbonyl (C=O) groups is 1. The van der Waals surface area contributed by atoms with E-state index in [4.69, 9.17) is 0 Å². The first kappa shape index (κ1) is 7.22. The molecule has 0 aromatic carbocycles. The maximum Gasteiger partial charge on any atom is 0.155 e. The largest absolute Gasteiger partial charge is 0.378 e. The molecule has 2 nitrogen and oxygen atoms in total. The minimum atomic E-state index is -1.24. The van der Waals surface area contributed by atoms with Crippen molar-refractivity contribution in [2.24, 2.45) is 0 Å². The summed E-state index contributed by atoms with van der Waals surface area (Å²) in [6.07, 6.45) is 6.08. The molecule has 1 rings (SSSR count). The van der Waals surface area contributed by atoms with Crippen LogP contribution in [0.1, 0.15) is 13.3 Å². The highest BCUT2D eigenvalue weighted by Gasteiger charge is 2.22. The van der Waals surface area contributed by atoms with Crippen LogP contribution >= 0.6 is 0 Å². The Labute approximate surface area is 59.9 Å². The van der Waals surface area contributed by atoms with Crippen LogP contribution in [0.2, 0.25) is 0 Å². The van der Waals surface area contributed by atoms with Gasteiger partial charge in [-0.05, 0) is 13.0 Å². The van der Waals surface area contributed by atoms with Gasteiger partial charge in [-0.3, -0.25) is 4.79 Å². The summed E-state index contributed by atoms with van der Waals surface area (Å²) in [6.45, 7) is 1.93. The second-order valence-electron chi connectivity index (χ2n) is 2.59. The van der Waals surface area contributed by atoms with E-state index >= 15 is 0 Å². The van der Waals surface area contributed by atoms with E-state index in [1.54, 1.807) is 6.08 Å². The maximum atomic E-state index is 10.3. The predicted octanol–water partition coefficient (Wildman–Crippen LogP) is 0.823. The summed E-state index contributed by atoms with van der Waals surface area (Å²) in [7, 11) is 0. The van der Waals surface area contributed by atoms with E-state index in [1.807, 2.05) is 13.0 Å². The van der Waals surface area contributed by atoms with E-state index in [2.05, 4.69) is 0 Å². The highest BCUT2D eigenvalue weighted by Crippen LogP contribution is 2.17. The summed E-state index contributed by atoms with van der Waals surface area (Å²) >= 11 is 0. The van der Waals surface area contributed by atoms with E-state index in [0.29, 0.717) is 12.7 Å². The molecule has 0 aliphatic heterocycles. The zero-order chi connectivity index (χ0) is 7.61. The van der Waals surface area contributed by atoms with Gasteiger partial charge in [0, 0.05) is 6.42 Å². The molecular weight excluding hydrogens is 128 g/mol. The number of aldehydes is 1. The van der Waals surface area contributed by atoms with Gasteiger partial charge >= 0.3 is 0 Å². The van der Waals surface area contributed by atoms with Crippen LogP contribution in [-0.2, 0) is 4.79 Å². The molecule has 1 aliphatic carbocycles. The molecule has 54 valence electrons. The summed E-state index contributed by atoms with van der Waals surface area (Å²) < 4.78 is 0. The van der Waals surface area contributed by atoms with Gasteiger partial charge in [0.25, 0.3) is 0 Å². The quantitative estimate of drug-likeness (QED) is 0.545. The normalized spacial score (nSPS) is 31.6. The molecule has 0 heterocycles. The van der Waals surface area contributed by atoms with E-state index < -0.39 is 5.60 Å². The lowest BCUT2D eigenvalue weighted by molar-refractivity contribution is -0.119. The van der Waals surface area contributed by atoms with Crippen molar-refractivity contribution in [3.8, 4) is 0 Å². The molecule has 1 aliphatic rings. The van der Waals surface area contributed by atoms with E-state index in [0.717, 1.165) is 5.57 Å². The number of allylic oxidation sites excluding steroid dienone is 2. The Kier molecular flexibility index (Phi) is 1.72. The molecule has 2 heteroatoms. The Balaban J connectivity index is 2.76. The molecule has 0 amide bonds. The van der Waals surface area contributed by atoms with Gasteiger partial charge in [0.15, 0.2) is 6.29 Å². The monoisotopic (exact) mass is 138 g/mol. The minimum absolute atomic E-state index is 0.402. The molecule has 0 bridgehead atoms. The molecule has 0 saturated heterocycles. The van der Waals surface area contributed by atoms with Crippen molar-refractivity contribution in [2.75, 3.05) is 0 Å². The Hall–Kier alpha value is -0.890. The molecule has 10 heavy (non-hydrogen) atoms. The molecule has 0 aromatic rings. The van der Waals surface area contributed by atoms with Crippen LogP contribution in [0.15, 0.2) is 23.8 Å². The number of hydrogen-bond acceptors (Lipinski definition) is 2. The smallest absolute Gasteiger partial charge is 0.155 e. The zero-order valence-corrected chi connectivity index (χ0v) is 5.87. The van der Waals surface area contributed by atoms with Crippen LogP contribution in [0.3, 0.4) is 0 Å². The molecule has 0 radical (unpaired) electrons. The summed E-state index contributed by atoms with van der Waals surface area (Å²) in [5.74, 6) is 0. The molecule has 0 saturated carbocycles. The van der Waals surface area contributed by atoms with Gasteiger partial charge in [-0.15, -0.1) is 0 Å². The second kappa shape index (κ2) is 2.39. The van der Waals surface area contributed by atoms with Crippen molar-refractivity contribution in [3.05, 3.63) is 23.8 Å². The van der Waals surface area contributed by atoms with Crippen molar-refractivity contribution in [3.63, 3.8) is 0 Å². The van der Waals surface area contributed by atoms with Crippen LogP contribution in [0.4, 0.5) is 0 Å². The zero-order valence-electron chi connectivity index (χ0n) is 5.87. The van der Waals surface area contributed by atoms with Gasteiger partial charge in [0.05, 0.1) is 0 Å². The molecule has 0 spiro atoms. The van der Waals surface area contributed by atoms with Gasteiger partial charge < -0.3 is 5.11 Å². The average Bonchev–Trinajstić information content (AvgIpc) is 1.96. The van der Waals surface area contributed by atoms with Crippen LogP contribution in [-0.4, -0.2) is 17.0 Å². The van der Waals surface area contributed by atoms with E-state index in [9.17, 15) is 9.90 Å². The lowest BCUT2D eigenvalue weighted by atomic mass is 9.94. The molecule has 1 N–H and O–H groups in total. The van der Waals surface area contributed by atoms with Crippen LogP contribution in [0.5, 0.6) is 0 Å². The van der Waals surface area contributed by atoms with Crippen molar-refractivity contribution in [1.82, 2.24) is 0 Å². The summed E-state index contributed by atoms with van der Waals surface area (Å²) in [5.41, 5.74) is -0.147. The van der Waals surface area contributed by atoms with Gasteiger partial charge in [0.2, 0.25) is 0 Å². The third kappa shape index (κ3) is 1.33. The Morgan fingerprint density at radius 2 is 2.50 bits per heavy atom. The fraction of sp³-hybridized carbons (Fsp3) is 0.375. The van der Waals surface area contributed by atoms with Gasteiger partial charge in [0.1, 0.15) is 5.60 Å². The first-order chi connectivity index (χ1) is 4.66. The van der Waals surface area contributed by atoms with Crippen molar-refractivity contribution in [2.45, 2.75) is 18.9 Å². The van der Waals surface area contributed by atoms with Crippen LogP contribution in [0.25, 0.3) is 0 Å². The SMILES string of the molecule is CC1=CCC(O)(C=O)C=C1. The summed E-state index contributed by atoms with van der Waals surface area (Å²) in [5, 5.41) is 9.30. The Morgan fingerprint density at radius 1 is 1.80 bits per heavy atom. The third-order valence-corrected chi connectivity index (χ3v) is 1.59. The number of rotatable bonds is 1. The van der Waals surface area contributed by atoms with Gasteiger partial charge in [-0.1, -0.05) is 17.7 Å². The Bertz CT molecular complexity index is 203. The minimum Gasteiger partial charge on any atom is -0.378 e. The Morgan fingerprint density at radius 3 is 2.90 bits per heavy atom. The van der Waals surface area contributed by atoms with Crippen molar-refractivity contribution >= 4 is 6.29 Å². The van der Waals surface area contributed by atoms with Crippen LogP contribution in [0, 0.1) is 0 Å². The summed E-state index contributed by atoms with van der Waals surface area (Å²) in [6, 6.07) is 0. The average molecular weight is 138 g/mol. The topological polar surface area (TPSA) is 37.3 Å². The van der Waals surface area contributed by atoms with E-state index in [1.165, 1.54) is 6.08 Å². The lowest BCUT2D eigenvalue weighted by Gasteiger charge is -2.18. The number of carbonyl (C=O) groups excluding carboxylic acids is 1. The molecule has 1 unspecified atom stereocenters. The highest BCUT2D eigenvalue weighted by molar-refractivity contribution is 5.67. The summed E-state index contributed by atoms with van der Waals surface area (Å²) in [4.78, 5) is 10.3. The molecule has 0 fully saturated rings. The number of aliphatic hydroxyl groups is 1.